The van der Waals surface area contributed by atoms with Crippen molar-refractivity contribution >= 4 is 5.69 Å². The number of nitriles is 1. The number of benzene rings is 1. The maximum Gasteiger partial charge on any atom is 0.160 e. The molecule has 0 aliphatic carbocycles. The van der Waals surface area contributed by atoms with Crippen LogP contribution in [0.5, 0.6) is 5.75 Å². The second-order valence-electron chi connectivity index (χ2n) is 5.15. The largest absolute Gasteiger partial charge is 0.484 e. The number of nitrogens with one attached hydrogen (secondary N) is 1. The summed E-state index contributed by atoms with van der Waals surface area (Å²) in [6.45, 7) is 7.20. The minimum absolute atomic E-state index is 0.0628. The van der Waals surface area contributed by atoms with E-state index in [4.69, 9.17) is 10.00 Å². The molecule has 0 fully saturated rings. The molecule has 2 rings (SSSR count). The number of hydrogen-bond donors (Lipinski definition) is 1. The number of para-hydroxylation sites is 1. The van der Waals surface area contributed by atoms with E-state index in [1.165, 1.54) is 0 Å². The molecule has 0 spiro atoms. The number of ether oxygens (including phenoxy) is 1. The normalized spacial score (nSPS) is 19.0. The van der Waals surface area contributed by atoms with Crippen LogP contribution in [-0.4, -0.2) is 12.6 Å². The molecule has 84 valence electrons. The first kappa shape index (κ1) is 10.8. The van der Waals surface area contributed by atoms with Crippen LogP contribution < -0.4 is 10.1 Å². The highest BCUT2D eigenvalue weighted by Gasteiger charge is 2.31. The fourth-order valence-corrected chi connectivity index (χ4v) is 1.76. The van der Waals surface area contributed by atoms with Crippen molar-refractivity contribution in [3.05, 3.63) is 23.8 Å². The Bertz CT molecular complexity index is 440. The molecule has 0 aromatic heterocycles. The third-order valence-electron chi connectivity index (χ3n) is 2.84. The summed E-state index contributed by atoms with van der Waals surface area (Å²) < 4.78 is 5.93. The van der Waals surface area contributed by atoms with Gasteiger partial charge in [-0.1, -0.05) is 26.8 Å². The molecule has 1 heterocycles. The summed E-state index contributed by atoms with van der Waals surface area (Å²) in [6, 6.07) is 7.75. The van der Waals surface area contributed by atoms with E-state index in [9.17, 15) is 0 Å². The van der Waals surface area contributed by atoms with E-state index in [1.807, 2.05) is 12.1 Å². The molecule has 1 atom stereocenters. The van der Waals surface area contributed by atoms with Gasteiger partial charge in [0.25, 0.3) is 0 Å². The van der Waals surface area contributed by atoms with Crippen molar-refractivity contribution in [1.29, 1.82) is 5.26 Å². The zero-order chi connectivity index (χ0) is 11.8. The van der Waals surface area contributed by atoms with Gasteiger partial charge in [-0.3, -0.25) is 0 Å². The van der Waals surface area contributed by atoms with Crippen molar-refractivity contribution in [1.82, 2.24) is 0 Å². The van der Waals surface area contributed by atoms with Gasteiger partial charge in [0.05, 0.1) is 17.8 Å². The van der Waals surface area contributed by atoms with Gasteiger partial charge in [-0.25, -0.2) is 0 Å². The van der Waals surface area contributed by atoms with Crippen LogP contribution in [0.25, 0.3) is 0 Å². The van der Waals surface area contributed by atoms with Gasteiger partial charge in [-0.15, -0.1) is 0 Å². The Kier molecular flexibility index (Phi) is 2.51. The minimum atomic E-state index is 0.0628. The molecule has 1 unspecified atom stereocenters. The fraction of sp³-hybridized carbons (Fsp3) is 0.462. The number of hydrogen-bond acceptors (Lipinski definition) is 3. The number of anilines is 1. The van der Waals surface area contributed by atoms with Gasteiger partial charge < -0.3 is 10.1 Å². The lowest BCUT2D eigenvalue weighted by Gasteiger charge is -2.36. The van der Waals surface area contributed by atoms with Crippen LogP contribution in [-0.2, 0) is 0 Å². The molecule has 16 heavy (non-hydrogen) atoms. The van der Waals surface area contributed by atoms with Crippen molar-refractivity contribution < 1.29 is 4.74 Å². The highest BCUT2D eigenvalue weighted by molar-refractivity contribution is 5.64. The van der Waals surface area contributed by atoms with E-state index >= 15 is 0 Å². The predicted molar refractivity (Wildman–Crippen MR) is 63.5 cm³/mol. The summed E-state index contributed by atoms with van der Waals surface area (Å²) in [7, 11) is 0. The van der Waals surface area contributed by atoms with E-state index in [2.05, 4.69) is 32.2 Å². The molecule has 3 heteroatoms. The Hall–Kier alpha value is -1.69. The molecule has 0 saturated carbocycles. The molecular formula is C13H16N2O. The monoisotopic (exact) mass is 216 g/mol. The molecule has 1 aliphatic rings. The summed E-state index contributed by atoms with van der Waals surface area (Å²) in [6.07, 6.45) is 0.0921. The minimum Gasteiger partial charge on any atom is -0.484 e. The molecule has 0 amide bonds. The summed E-state index contributed by atoms with van der Waals surface area (Å²) >= 11 is 0. The van der Waals surface area contributed by atoms with Crippen molar-refractivity contribution in [2.75, 3.05) is 11.9 Å². The molecule has 0 radical (unpaired) electrons. The van der Waals surface area contributed by atoms with E-state index in [0.29, 0.717) is 11.3 Å². The van der Waals surface area contributed by atoms with Crippen LogP contribution in [0.15, 0.2) is 18.2 Å². The SMILES string of the molecule is CC(C)(C)C1CNc2cccc(C#N)c2O1. The molecule has 1 aromatic carbocycles. The van der Waals surface area contributed by atoms with Crippen LogP contribution in [0, 0.1) is 16.7 Å². The average Bonchev–Trinajstić information content (AvgIpc) is 2.26. The van der Waals surface area contributed by atoms with Crippen LogP contribution >= 0.6 is 0 Å². The first-order chi connectivity index (χ1) is 7.52. The molecule has 1 aliphatic heterocycles. The molecule has 1 aromatic rings. The van der Waals surface area contributed by atoms with E-state index in [-0.39, 0.29) is 11.5 Å². The van der Waals surface area contributed by atoms with Crippen LogP contribution in [0.3, 0.4) is 0 Å². The van der Waals surface area contributed by atoms with Crippen LogP contribution in [0.4, 0.5) is 5.69 Å². The molecule has 0 saturated heterocycles. The Balaban J connectivity index is 2.36. The Labute approximate surface area is 96.0 Å². The van der Waals surface area contributed by atoms with Gasteiger partial charge in [-0.2, -0.15) is 5.26 Å². The molecule has 1 N–H and O–H groups in total. The maximum absolute atomic E-state index is 9.02. The first-order valence-corrected chi connectivity index (χ1v) is 5.46. The number of fused-ring (bicyclic) bond motifs is 1. The fourth-order valence-electron chi connectivity index (χ4n) is 1.76. The second kappa shape index (κ2) is 3.71. The first-order valence-electron chi connectivity index (χ1n) is 5.46. The van der Waals surface area contributed by atoms with Gasteiger partial charge in [0.2, 0.25) is 0 Å². The number of rotatable bonds is 0. The van der Waals surface area contributed by atoms with E-state index in [1.54, 1.807) is 6.07 Å². The molecule has 0 bridgehead atoms. The number of nitrogens with zero attached hydrogens (tertiary/aromatic N) is 1. The zero-order valence-electron chi connectivity index (χ0n) is 9.87. The van der Waals surface area contributed by atoms with Crippen molar-refractivity contribution in [2.24, 2.45) is 5.41 Å². The Morgan fingerprint density at radius 3 is 2.81 bits per heavy atom. The van der Waals surface area contributed by atoms with Gasteiger partial charge in [0, 0.05) is 5.41 Å². The van der Waals surface area contributed by atoms with E-state index < -0.39 is 0 Å². The summed E-state index contributed by atoms with van der Waals surface area (Å²) in [5.41, 5.74) is 1.58. The third-order valence-corrected chi connectivity index (χ3v) is 2.84. The van der Waals surface area contributed by atoms with Crippen molar-refractivity contribution in [3.8, 4) is 11.8 Å². The Morgan fingerprint density at radius 1 is 1.44 bits per heavy atom. The summed E-state index contributed by atoms with van der Waals surface area (Å²) in [5, 5.41) is 12.3. The Morgan fingerprint density at radius 2 is 2.19 bits per heavy atom. The standard InChI is InChI=1S/C13H16N2O/c1-13(2,3)11-8-15-10-6-4-5-9(7-14)12(10)16-11/h4-6,11,15H,8H2,1-3H3. The zero-order valence-corrected chi connectivity index (χ0v) is 9.87. The lowest BCUT2D eigenvalue weighted by molar-refractivity contribution is 0.0919. The van der Waals surface area contributed by atoms with E-state index in [0.717, 1.165) is 12.2 Å². The van der Waals surface area contributed by atoms with Gasteiger partial charge >= 0.3 is 0 Å². The predicted octanol–water partition coefficient (Wildman–Crippen LogP) is 2.78. The smallest absolute Gasteiger partial charge is 0.160 e. The average molecular weight is 216 g/mol. The van der Waals surface area contributed by atoms with Gasteiger partial charge in [-0.05, 0) is 12.1 Å². The van der Waals surface area contributed by atoms with Crippen LogP contribution in [0.1, 0.15) is 26.3 Å². The van der Waals surface area contributed by atoms with Crippen molar-refractivity contribution in [2.45, 2.75) is 26.9 Å². The van der Waals surface area contributed by atoms with Crippen molar-refractivity contribution in [3.63, 3.8) is 0 Å². The highest BCUT2D eigenvalue weighted by atomic mass is 16.5. The van der Waals surface area contributed by atoms with Gasteiger partial charge in [0.15, 0.2) is 5.75 Å². The van der Waals surface area contributed by atoms with Gasteiger partial charge in [0.1, 0.15) is 12.2 Å². The lowest BCUT2D eigenvalue weighted by atomic mass is 9.88. The molecule has 3 nitrogen and oxygen atoms in total. The maximum atomic E-state index is 9.02. The summed E-state index contributed by atoms with van der Waals surface area (Å²) in [5.74, 6) is 0.691. The molecular weight excluding hydrogens is 200 g/mol. The second-order valence-corrected chi connectivity index (χ2v) is 5.15. The highest BCUT2D eigenvalue weighted by Crippen LogP contribution is 2.36. The quantitative estimate of drug-likeness (QED) is 0.725. The van der Waals surface area contributed by atoms with Crippen LogP contribution in [0.2, 0.25) is 0 Å². The summed E-state index contributed by atoms with van der Waals surface area (Å²) in [4.78, 5) is 0. The topological polar surface area (TPSA) is 45.0 Å². The third kappa shape index (κ3) is 1.83. The lowest BCUT2D eigenvalue weighted by Crippen LogP contribution is -2.41.